The second-order valence-corrected chi connectivity index (χ2v) is 6.54. The van der Waals surface area contributed by atoms with E-state index in [2.05, 4.69) is 19.8 Å². The second-order valence-electron chi connectivity index (χ2n) is 6.54. The predicted molar refractivity (Wildman–Crippen MR) is 83.0 cm³/mol. The summed E-state index contributed by atoms with van der Waals surface area (Å²) in [7, 11) is 0. The van der Waals surface area contributed by atoms with Crippen LogP contribution in [-0.4, -0.2) is 72.5 Å². The van der Waals surface area contributed by atoms with Crippen LogP contribution in [0.25, 0.3) is 0 Å². The van der Waals surface area contributed by atoms with E-state index >= 15 is 0 Å². The molecule has 1 atom stereocenters. The Bertz CT molecular complexity index is 484. The molecule has 0 aromatic carbocycles. The van der Waals surface area contributed by atoms with Crippen LogP contribution in [0, 0.1) is 0 Å². The molecule has 3 saturated heterocycles. The fourth-order valence-electron chi connectivity index (χ4n) is 3.91. The second kappa shape index (κ2) is 6.10. The van der Waals surface area contributed by atoms with E-state index < -0.39 is 0 Å². The maximum Gasteiger partial charge on any atom is 0.225 e. The third-order valence-electron chi connectivity index (χ3n) is 5.26. The number of piperidine rings is 1. The molecule has 6 heteroatoms. The molecule has 0 aliphatic carbocycles. The normalized spacial score (nSPS) is 29.1. The van der Waals surface area contributed by atoms with Crippen molar-refractivity contribution in [3.8, 4) is 0 Å². The Labute approximate surface area is 131 Å². The van der Waals surface area contributed by atoms with Gasteiger partial charge in [0.25, 0.3) is 0 Å². The van der Waals surface area contributed by atoms with Crippen LogP contribution in [0.4, 0.5) is 5.95 Å². The lowest BCUT2D eigenvalue weighted by Gasteiger charge is -2.39. The minimum atomic E-state index is 0.0776. The molecular weight excluding hydrogens is 280 g/mol. The van der Waals surface area contributed by atoms with Gasteiger partial charge in [0.15, 0.2) is 0 Å². The summed E-state index contributed by atoms with van der Waals surface area (Å²) in [4.78, 5) is 13.5. The number of hydrogen-bond donors (Lipinski definition) is 0. The fraction of sp³-hybridized carbons (Fsp3) is 0.750. The van der Waals surface area contributed by atoms with Gasteiger partial charge >= 0.3 is 0 Å². The van der Waals surface area contributed by atoms with Crippen molar-refractivity contribution in [2.24, 2.45) is 0 Å². The van der Waals surface area contributed by atoms with Crippen molar-refractivity contribution in [3.63, 3.8) is 0 Å². The van der Waals surface area contributed by atoms with Crippen molar-refractivity contribution >= 4 is 5.95 Å². The summed E-state index contributed by atoms with van der Waals surface area (Å²) < 4.78 is 11.7. The first-order valence-corrected chi connectivity index (χ1v) is 8.32. The SMILES string of the molecule is c1cnc(N2CCC3(CC2)C[C@@H](N2CCOCC2)CO3)nc1. The van der Waals surface area contributed by atoms with Crippen molar-refractivity contribution in [3.05, 3.63) is 18.5 Å². The van der Waals surface area contributed by atoms with Crippen LogP contribution in [0.1, 0.15) is 19.3 Å². The van der Waals surface area contributed by atoms with E-state index in [4.69, 9.17) is 9.47 Å². The standard InChI is InChI=1S/C16H24N4O2/c1-4-17-15(18-5-1)20-6-2-16(3-7-20)12-14(13-22-16)19-8-10-21-11-9-19/h1,4-5,14H,2-3,6-13H2/t14-/m1/s1. The number of hydrogen-bond acceptors (Lipinski definition) is 6. The summed E-state index contributed by atoms with van der Waals surface area (Å²) in [6, 6.07) is 2.44. The Morgan fingerprint density at radius 1 is 1.05 bits per heavy atom. The van der Waals surface area contributed by atoms with E-state index in [1.165, 1.54) is 0 Å². The summed E-state index contributed by atoms with van der Waals surface area (Å²) in [6.45, 7) is 6.68. The quantitative estimate of drug-likeness (QED) is 0.810. The maximum atomic E-state index is 6.28. The summed E-state index contributed by atoms with van der Waals surface area (Å²) in [5.74, 6) is 0.847. The first-order valence-electron chi connectivity index (χ1n) is 8.32. The summed E-state index contributed by atoms with van der Waals surface area (Å²) in [6.07, 6.45) is 6.94. The molecule has 3 aliphatic heterocycles. The Kier molecular flexibility index (Phi) is 3.98. The smallest absolute Gasteiger partial charge is 0.225 e. The van der Waals surface area contributed by atoms with Crippen LogP contribution in [-0.2, 0) is 9.47 Å². The van der Waals surface area contributed by atoms with Crippen molar-refractivity contribution in [2.75, 3.05) is 50.9 Å². The molecule has 6 nitrogen and oxygen atoms in total. The van der Waals surface area contributed by atoms with Crippen LogP contribution >= 0.6 is 0 Å². The van der Waals surface area contributed by atoms with E-state index in [1.54, 1.807) is 0 Å². The molecule has 1 aromatic heterocycles. The van der Waals surface area contributed by atoms with Gasteiger partial charge in [0.1, 0.15) is 0 Å². The van der Waals surface area contributed by atoms with Crippen LogP contribution < -0.4 is 4.90 Å². The Morgan fingerprint density at radius 3 is 2.50 bits per heavy atom. The van der Waals surface area contributed by atoms with Gasteiger partial charge in [-0.2, -0.15) is 0 Å². The van der Waals surface area contributed by atoms with Gasteiger partial charge in [0, 0.05) is 44.6 Å². The number of aromatic nitrogens is 2. The lowest BCUT2D eigenvalue weighted by Crippen LogP contribution is -2.47. The van der Waals surface area contributed by atoms with E-state index in [9.17, 15) is 0 Å². The molecule has 3 aliphatic rings. The highest BCUT2D eigenvalue weighted by atomic mass is 16.5. The first-order chi connectivity index (χ1) is 10.8. The molecule has 4 heterocycles. The van der Waals surface area contributed by atoms with Gasteiger partial charge in [-0.15, -0.1) is 0 Å². The topological polar surface area (TPSA) is 50.7 Å². The average Bonchev–Trinajstić information content (AvgIpc) is 3.01. The lowest BCUT2D eigenvalue weighted by atomic mass is 9.87. The molecule has 3 fully saturated rings. The summed E-state index contributed by atoms with van der Waals surface area (Å²) in [5.41, 5.74) is 0.0776. The predicted octanol–water partition coefficient (Wildman–Crippen LogP) is 0.937. The van der Waals surface area contributed by atoms with E-state index in [0.717, 1.165) is 71.2 Å². The average molecular weight is 304 g/mol. The lowest BCUT2D eigenvalue weighted by molar-refractivity contribution is -0.0184. The van der Waals surface area contributed by atoms with Gasteiger partial charge in [0.05, 0.1) is 25.4 Å². The number of ether oxygens (including phenoxy) is 2. The largest absolute Gasteiger partial charge is 0.379 e. The van der Waals surface area contributed by atoms with E-state index in [-0.39, 0.29) is 5.60 Å². The highest BCUT2D eigenvalue weighted by Gasteiger charge is 2.44. The Balaban J connectivity index is 1.35. The highest BCUT2D eigenvalue weighted by molar-refractivity contribution is 5.29. The molecule has 0 radical (unpaired) electrons. The van der Waals surface area contributed by atoms with Gasteiger partial charge in [0.2, 0.25) is 5.95 Å². The van der Waals surface area contributed by atoms with Crippen molar-refractivity contribution in [1.82, 2.24) is 14.9 Å². The monoisotopic (exact) mass is 304 g/mol. The van der Waals surface area contributed by atoms with Crippen LogP contribution in [0.3, 0.4) is 0 Å². The molecule has 0 saturated carbocycles. The van der Waals surface area contributed by atoms with Gasteiger partial charge < -0.3 is 14.4 Å². The zero-order valence-corrected chi connectivity index (χ0v) is 13.0. The number of nitrogens with zero attached hydrogens (tertiary/aromatic N) is 4. The minimum absolute atomic E-state index is 0.0776. The number of rotatable bonds is 2. The van der Waals surface area contributed by atoms with Crippen LogP contribution in [0.2, 0.25) is 0 Å². The number of morpholine rings is 1. The van der Waals surface area contributed by atoms with Gasteiger partial charge in [-0.05, 0) is 25.3 Å². The zero-order chi connectivity index (χ0) is 14.8. The van der Waals surface area contributed by atoms with Crippen molar-refractivity contribution in [2.45, 2.75) is 30.9 Å². The first kappa shape index (κ1) is 14.4. The molecule has 0 bridgehead atoms. The van der Waals surface area contributed by atoms with Gasteiger partial charge in [-0.3, -0.25) is 4.90 Å². The van der Waals surface area contributed by atoms with Gasteiger partial charge in [-0.25, -0.2) is 9.97 Å². The van der Waals surface area contributed by atoms with Crippen LogP contribution in [0.5, 0.6) is 0 Å². The Hall–Kier alpha value is -1.24. The maximum absolute atomic E-state index is 6.28. The highest BCUT2D eigenvalue weighted by Crippen LogP contribution is 2.38. The van der Waals surface area contributed by atoms with Crippen molar-refractivity contribution in [1.29, 1.82) is 0 Å². The van der Waals surface area contributed by atoms with E-state index in [1.807, 2.05) is 18.5 Å². The molecule has 22 heavy (non-hydrogen) atoms. The molecule has 120 valence electrons. The molecule has 1 aromatic rings. The number of anilines is 1. The van der Waals surface area contributed by atoms with E-state index in [0.29, 0.717) is 6.04 Å². The fourth-order valence-corrected chi connectivity index (χ4v) is 3.91. The van der Waals surface area contributed by atoms with Gasteiger partial charge in [-0.1, -0.05) is 0 Å². The third kappa shape index (κ3) is 2.83. The molecule has 0 unspecified atom stereocenters. The molecule has 1 spiro atoms. The van der Waals surface area contributed by atoms with Crippen LogP contribution in [0.15, 0.2) is 18.5 Å². The molecule has 0 N–H and O–H groups in total. The summed E-state index contributed by atoms with van der Waals surface area (Å²) >= 11 is 0. The van der Waals surface area contributed by atoms with Crippen molar-refractivity contribution < 1.29 is 9.47 Å². The summed E-state index contributed by atoms with van der Waals surface area (Å²) in [5, 5.41) is 0. The third-order valence-corrected chi connectivity index (χ3v) is 5.26. The molecule has 0 amide bonds. The Morgan fingerprint density at radius 2 is 1.77 bits per heavy atom. The zero-order valence-electron chi connectivity index (χ0n) is 13.0. The minimum Gasteiger partial charge on any atom is -0.379 e. The molecule has 4 rings (SSSR count). The molecular formula is C16H24N4O2.